The monoisotopic (exact) mass is 426 g/mol. The maximum Gasteiger partial charge on any atom is 0.420 e. The molecule has 0 aliphatic carbocycles. The maximum atomic E-state index is 13.6. The van der Waals surface area contributed by atoms with Crippen LogP contribution in [-0.2, 0) is 10.9 Å². The van der Waals surface area contributed by atoms with E-state index >= 15 is 0 Å². The average Bonchev–Trinajstić information content (AvgIpc) is 2.64. The first-order chi connectivity index (χ1) is 13.9. The largest absolute Gasteiger partial charge is 0.489 e. The van der Waals surface area contributed by atoms with Crippen LogP contribution in [0.25, 0.3) is 11.3 Å². The Morgan fingerprint density at radius 3 is 2.50 bits per heavy atom. The number of rotatable bonds is 7. The van der Waals surface area contributed by atoms with Crippen molar-refractivity contribution in [2.24, 2.45) is 11.7 Å². The Balaban J connectivity index is 2.48. The molecular formula is C20H25F3N4O3. The molecular weight excluding hydrogens is 401 g/mol. The average molecular weight is 426 g/mol. The maximum absolute atomic E-state index is 13.6. The van der Waals surface area contributed by atoms with Gasteiger partial charge in [-0.2, -0.15) is 13.2 Å². The van der Waals surface area contributed by atoms with Crippen LogP contribution in [0, 0.1) is 5.92 Å². The predicted molar refractivity (Wildman–Crippen MR) is 106 cm³/mol. The number of carbonyl (C=O) groups is 1. The van der Waals surface area contributed by atoms with E-state index in [1.165, 1.54) is 25.4 Å². The second-order valence-corrected chi connectivity index (χ2v) is 7.62. The van der Waals surface area contributed by atoms with Crippen LogP contribution in [0.5, 0.6) is 5.75 Å². The molecule has 2 rings (SSSR count). The normalized spacial score (nSPS) is 13.6. The zero-order valence-corrected chi connectivity index (χ0v) is 17.2. The fourth-order valence-corrected chi connectivity index (χ4v) is 3.05. The van der Waals surface area contributed by atoms with Crippen LogP contribution in [0.2, 0.25) is 0 Å². The van der Waals surface area contributed by atoms with Crippen molar-refractivity contribution in [3.8, 4) is 17.0 Å². The number of alkyl halides is 3. The highest BCUT2D eigenvalue weighted by atomic mass is 19.4. The summed E-state index contributed by atoms with van der Waals surface area (Å²) in [6.07, 6.45) is -2.48. The summed E-state index contributed by atoms with van der Waals surface area (Å²) in [6, 6.07) is 3.69. The van der Waals surface area contributed by atoms with Crippen molar-refractivity contribution in [3.05, 3.63) is 36.2 Å². The number of carbonyl (C=O) groups excluding carboxylic acids is 1. The van der Waals surface area contributed by atoms with Gasteiger partial charge in [0.1, 0.15) is 23.7 Å². The van der Waals surface area contributed by atoms with Crippen molar-refractivity contribution >= 4 is 11.9 Å². The quantitative estimate of drug-likeness (QED) is 0.677. The van der Waals surface area contributed by atoms with Gasteiger partial charge >= 0.3 is 12.3 Å². The van der Waals surface area contributed by atoms with Crippen LogP contribution in [-0.4, -0.2) is 35.3 Å². The Hall–Kier alpha value is -2.88. The summed E-state index contributed by atoms with van der Waals surface area (Å²) in [5.74, 6) is -0.0974. The molecule has 3 N–H and O–H groups in total. The standard InChI is InChI=1S/C20H25F3N4O3/c1-12(2)10-19(3,24)11-30-17-14(20(21,22)23)6-8-26-16(17)13-5-7-25-15(9-13)27-18(28)29-4/h5-9,12H,10-11,24H2,1-4H3,(H,25,27,28)/t19-/m1/s1. The molecule has 0 radical (unpaired) electrons. The van der Waals surface area contributed by atoms with E-state index in [1.807, 2.05) is 13.8 Å². The fraction of sp³-hybridized carbons (Fsp3) is 0.450. The number of nitrogens with zero attached hydrogens (tertiary/aromatic N) is 2. The molecule has 2 aromatic rings. The Morgan fingerprint density at radius 1 is 1.23 bits per heavy atom. The van der Waals surface area contributed by atoms with Crippen molar-refractivity contribution in [2.45, 2.75) is 38.9 Å². The van der Waals surface area contributed by atoms with Gasteiger partial charge in [-0.3, -0.25) is 10.3 Å². The third-order valence-corrected chi connectivity index (χ3v) is 4.08. The van der Waals surface area contributed by atoms with E-state index in [0.29, 0.717) is 6.42 Å². The summed E-state index contributed by atoms with van der Waals surface area (Å²) in [6.45, 7) is 5.52. The molecule has 2 heterocycles. The lowest BCUT2D eigenvalue weighted by atomic mass is 9.93. The van der Waals surface area contributed by atoms with Gasteiger partial charge in [0.25, 0.3) is 0 Å². The third-order valence-electron chi connectivity index (χ3n) is 4.08. The third kappa shape index (κ3) is 6.31. The first-order valence-corrected chi connectivity index (χ1v) is 9.22. The number of nitrogens with two attached hydrogens (primary N) is 1. The van der Waals surface area contributed by atoms with Crippen molar-refractivity contribution in [3.63, 3.8) is 0 Å². The zero-order chi connectivity index (χ0) is 22.5. The summed E-state index contributed by atoms with van der Waals surface area (Å²) in [5, 5.41) is 2.36. The van der Waals surface area contributed by atoms with E-state index in [-0.39, 0.29) is 29.6 Å². The number of aromatic nitrogens is 2. The van der Waals surface area contributed by atoms with Crippen LogP contribution in [0.3, 0.4) is 0 Å². The molecule has 10 heteroatoms. The van der Waals surface area contributed by atoms with Crippen molar-refractivity contribution in [2.75, 3.05) is 19.0 Å². The molecule has 2 aromatic heterocycles. The summed E-state index contributed by atoms with van der Waals surface area (Å²) in [4.78, 5) is 19.4. The highest BCUT2D eigenvalue weighted by Gasteiger charge is 2.37. The molecule has 1 atom stereocenters. The molecule has 0 bridgehead atoms. The van der Waals surface area contributed by atoms with Gasteiger partial charge in [0.15, 0.2) is 5.75 Å². The Labute approximate surface area is 172 Å². The lowest BCUT2D eigenvalue weighted by Crippen LogP contribution is -2.43. The van der Waals surface area contributed by atoms with Gasteiger partial charge in [-0.15, -0.1) is 0 Å². The van der Waals surface area contributed by atoms with Gasteiger partial charge in [0.05, 0.1) is 7.11 Å². The predicted octanol–water partition coefficient (Wildman–Crippen LogP) is 4.48. The lowest BCUT2D eigenvalue weighted by Gasteiger charge is -2.28. The number of nitrogens with one attached hydrogen (secondary N) is 1. The summed E-state index contributed by atoms with van der Waals surface area (Å²) in [7, 11) is 1.18. The van der Waals surface area contributed by atoms with E-state index in [2.05, 4.69) is 20.0 Å². The molecule has 7 nitrogen and oxygen atoms in total. The summed E-state index contributed by atoms with van der Waals surface area (Å²) in [5.41, 5.74) is 4.65. The van der Waals surface area contributed by atoms with E-state index in [1.54, 1.807) is 6.92 Å². The molecule has 0 aromatic carbocycles. The Kier molecular flexibility index (Phi) is 7.25. The molecule has 0 saturated heterocycles. The topological polar surface area (TPSA) is 99.4 Å². The molecule has 0 aliphatic heterocycles. The second-order valence-electron chi connectivity index (χ2n) is 7.62. The molecule has 0 unspecified atom stereocenters. The van der Waals surface area contributed by atoms with Crippen molar-refractivity contribution < 1.29 is 27.4 Å². The number of ether oxygens (including phenoxy) is 2. The number of hydrogen-bond donors (Lipinski definition) is 2. The van der Waals surface area contributed by atoms with Crippen LogP contribution < -0.4 is 15.8 Å². The second kappa shape index (κ2) is 9.29. The molecule has 0 aliphatic rings. The molecule has 1 amide bonds. The van der Waals surface area contributed by atoms with E-state index < -0.39 is 29.1 Å². The number of amides is 1. The van der Waals surface area contributed by atoms with Gasteiger partial charge in [0, 0.05) is 23.5 Å². The highest BCUT2D eigenvalue weighted by Crippen LogP contribution is 2.41. The minimum atomic E-state index is -4.66. The van der Waals surface area contributed by atoms with Crippen molar-refractivity contribution in [1.29, 1.82) is 0 Å². The fourth-order valence-electron chi connectivity index (χ4n) is 3.05. The van der Waals surface area contributed by atoms with Gasteiger partial charge < -0.3 is 15.2 Å². The minimum absolute atomic E-state index is 0.0412. The summed E-state index contributed by atoms with van der Waals surface area (Å²) >= 11 is 0. The van der Waals surface area contributed by atoms with Gasteiger partial charge in [0.2, 0.25) is 0 Å². The van der Waals surface area contributed by atoms with Crippen LogP contribution in [0.15, 0.2) is 30.6 Å². The number of methoxy groups -OCH3 is 1. The van der Waals surface area contributed by atoms with E-state index in [0.717, 1.165) is 12.3 Å². The summed E-state index contributed by atoms with van der Waals surface area (Å²) < 4.78 is 51.1. The van der Waals surface area contributed by atoms with E-state index in [4.69, 9.17) is 10.5 Å². The molecule has 0 saturated carbocycles. The van der Waals surface area contributed by atoms with Gasteiger partial charge in [-0.25, -0.2) is 9.78 Å². The molecule has 0 fully saturated rings. The number of halogens is 3. The first kappa shape index (κ1) is 23.4. The number of hydrogen-bond acceptors (Lipinski definition) is 6. The van der Waals surface area contributed by atoms with Crippen LogP contribution >= 0.6 is 0 Å². The zero-order valence-electron chi connectivity index (χ0n) is 17.2. The first-order valence-electron chi connectivity index (χ1n) is 9.22. The molecule has 0 spiro atoms. The van der Waals surface area contributed by atoms with Crippen LogP contribution in [0.1, 0.15) is 32.8 Å². The number of anilines is 1. The Morgan fingerprint density at radius 2 is 1.90 bits per heavy atom. The van der Waals surface area contributed by atoms with Gasteiger partial charge in [-0.05, 0) is 37.5 Å². The minimum Gasteiger partial charge on any atom is -0.489 e. The lowest BCUT2D eigenvalue weighted by molar-refractivity contribution is -0.139. The highest BCUT2D eigenvalue weighted by molar-refractivity contribution is 5.84. The van der Waals surface area contributed by atoms with Crippen LogP contribution in [0.4, 0.5) is 23.8 Å². The molecule has 164 valence electrons. The Bertz CT molecular complexity index is 886. The van der Waals surface area contributed by atoms with E-state index in [9.17, 15) is 18.0 Å². The van der Waals surface area contributed by atoms with Gasteiger partial charge in [-0.1, -0.05) is 13.8 Å². The smallest absolute Gasteiger partial charge is 0.420 e. The SMILES string of the molecule is COC(=O)Nc1cc(-c2nccc(C(F)(F)F)c2OC[C@](C)(N)CC(C)C)ccn1. The van der Waals surface area contributed by atoms with Crippen molar-refractivity contribution in [1.82, 2.24) is 9.97 Å². The molecule has 30 heavy (non-hydrogen) atoms. The number of pyridine rings is 2.